The summed E-state index contributed by atoms with van der Waals surface area (Å²) >= 11 is 0. The zero-order chi connectivity index (χ0) is 19.4. The first-order chi connectivity index (χ1) is 13.0. The molecule has 1 aliphatic rings. The number of carbonyl (C=O) groups excluding carboxylic acids is 1. The van der Waals surface area contributed by atoms with Crippen LogP contribution < -0.4 is 5.32 Å². The van der Waals surface area contributed by atoms with E-state index in [4.69, 9.17) is 0 Å². The highest BCUT2D eigenvalue weighted by Crippen LogP contribution is 2.34. The van der Waals surface area contributed by atoms with Crippen LogP contribution in [0.3, 0.4) is 0 Å². The van der Waals surface area contributed by atoms with E-state index in [-0.39, 0.29) is 11.6 Å². The zero-order valence-electron chi connectivity index (χ0n) is 14.8. The number of amides is 1. The van der Waals surface area contributed by atoms with Gasteiger partial charge in [-0.25, -0.2) is 9.97 Å². The highest BCUT2D eigenvalue weighted by Gasteiger charge is 2.27. The number of allylic oxidation sites excluding steroid dienone is 4. The molecule has 1 atom stereocenters. The minimum Gasteiger partial charge on any atom is -0.305 e. The molecule has 0 aromatic carbocycles. The molecule has 132 valence electrons. The molecule has 1 unspecified atom stereocenters. The van der Waals surface area contributed by atoms with Crippen LogP contribution in [0.25, 0.3) is 0 Å². The van der Waals surface area contributed by atoms with Gasteiger partial charge in [0.1, 0.15) is 11.5 Å². The van der Waals surface area contributed by atoms with Crippen molar-refractivity contribution in [1.29, 1.82) is 10.5 Å². The van der Waals surface area contributed by atoms with Gasteiger partial charge in [-0.05, 0) is 44.2 Å². The van der Waals surface area contributed by atoms with Crippen molar-refractivity contribution in [1.82, 2.24) is 14.9 Å². The summed E-state index contributed by atoms with van der Waals surface area (Å²) in [5.74, 6) is -0.367. The molecule has 0 saturated heterocycles. The fourth-order valence-corrected chi connectivity index (χ4v) is 2.91. The van der Waals surface area contributed by atoms with E-state index in [9.17, 15) is 15.3 Å². The van der Waals surface area contributed by atoms with Crippen LogP contribution in [0.1, 0.15) is 35.9 Å². The minimum absolute atomic E-state index is 0.224. The summed E-state index contributed by atoms with van der Waals surface area (Å²) in [7, 11) is 0. The van der Waals surface area contributed by atoms with Gasteiger partial charge < -0.3 is 5.32 Å². The lowest BCUT2D eigenvalue weighted by atomic mass is 9.90. The number of nitrogens with one attached hydrogen (secondary N) is 1. The van der Waals surface area contributed by atoms with Crippen LogP contribution in [-0.4, -0.2) is 20.8 Å². The largest absolute Gasteiger partial charge is 0.305 e. The third-order valence-corrected chi connectivity index (χ3v) is 4.25. The Labute approximate surface area is 156 Å². The quantitative estimate of drug-likeness (QED) is 0.846. The normalized spacial score (nSPS) is 16.2. The van der Waals surface area contributed by atoms with Gasteiger partial charge in [0, 0.05) is 17.6 Å². The average Bonchev–Trinajstić information content (AvgIpc) is 2.69. The second kappa shape index (κ2) is 7.51. The van der Waals surface area contributed by atoms with E-state index < -0.39 is 5.92 Å². The number of pyridine rings is 2. The van der Waals surface area contributed by atoms with Crippen molar-refractivity contribution >= 4 is 11.7 Å². The molecule has 1 aliphatic heterocycles. The number of hydrogen-bond donors (Lipinski definition) is 1. The topological polar surface area (TPSA) is 106 Å². The lowest BCUT2D eigenvalue weighted by Crippen LogP contribution is -2.23. The number of rotatable bonds is 3. The van der Waals surface area contributed by atoms with Crippen LogP contribution in [0.2, 0.25) is 0 Å². The first-order valence-corrected chi connectivity index (χ1v) is 8.23. The molecule has 0 spiro atoms. The third-order valence-electron chi connectivity index (χ3n) is 4.25. The fourth-order valence-electron chi connectivity index (χ4n) is 2.91. The summed E-state index contributed by atoms with van der Waals surface area (Å²) in [6.45, 7) is 3.52. The molecule has 0 bridgehead atoms. The van der Waals surface area contributed by atoms with E-state index in [1.165, 1.54) is 4.90 Å². The maximum absolute atomic E-state index is 12.5. The van der Waals surface area contributed by atoms with Gasteiger partial charge in [-0.1, -0.05) is 12.1 Å². The molecule has 7 heteroatoms. The summed E-state index contributed by atoms with van der Waals surface area (Å²) in [6.07, 6.45) is 5.45. The van der Waals surface area contributed by atoms with Crippen LogP contribution in [0, 0.1) is 22.8 Å². The monoisotopic (exact) mass is 356 g/mol. The first-order valence-electron chi connectivity index (χ1n) is 8.23. The number of hydrogen-bond acceptors (Lipinski definition) is 6. The molecule has 27 heavy (non-hydrogen) atoms. The van der Waals surface area contributed by atoms with E-state index >= 15 is 0 Å². The van der Waals surface area contributed by atoms with E-state index in [1.807, 2.05) is 0 Å². The van der Waals surface area contributed by atoms with Crippen molar-refractivity contribution in [3.63, 3.8) is 0 Å². The standard InChI is InChI=1S/C20H16N6O/c1-13-10-15(16(11-21)14(2)26(13)12-22)17-6-5-7-18(24-17)20(27)25-19-8-3-4-9-23-19/h3-10,15H,1-2H3,(H,23,25,27). The SMILES string of the molecule is CC1=CC(c2cccc(C(=O)Nc3ccccn3)n2)C(C#N)=C(C)N1C#N. The van der Waals surface area contributed by atoms with Gasteiger partial charge in [-0.15, -0.1) is 0 Å². The highest BCUT2D eigenvalue weighted by molar-refractivity contribution is 6.02. The van der Waals surface area contributed by atoms with E-state index in [0.717, 1.165) is 0 Å². The predicted octanol–water partition coefficient (Wildman–Crippen LogP) is 3.31. The van der Waals surface area contributed by atoms with Gasteiger partial charge in [-0.3, -0.25) is 9.69 Å². The molecule has 3 heterocycles. The van der Waals surface area contributed by atoms with E-state index in [2.05, 4.69) is 27.5 Å². The molecular weight excluding hydrogens is 340 g/mol. The van der Waals surface area contributed by atoms with E-state index in [1.54, 1.807) is 62.5 Å². The van der Waals surface area contributed by atoms with Gasteiger partial charge >= 0.3 is 0 Å². The van der Waals surface area contributed by atoms with Crippen molar-refractivity contribution in [2.75, 3.05) is 5.32 Å². The van der Waals surface area contributed by atoms with Crippen molar-refractivity contribution in [3.05, 3.63) is 77.0 Å². The molecule has 0 aliphatic carbocycles. The van der Waals surface area contributed by atoms with Gasteiger partial charge in [-0.2, -0.15) is 10.5 Å². The Balaban J connectivity index is 1.94. The van der Waals surface area contributed by atoms with Crippen LogP contribution in [0.4, 0.5) is 5.82 Å². The van der Waals surface area contributed by atoms with Crippen LogP contribution in [-0.2, 0) is 0 Å². The molecule has 1 amide bonds. The first kappa shape index (κ1) is 17.8. The Morgan fingerprint density at radius 2 is 2.00 bits per heavy atom. The Morgan fingerprint density at radius 3 is 2.67 bits per heavy atom. The number of anilines is 1. The maximum Gasteiger partial charge on any atom is 0.275 e. The highest BCUT2D eigenvalue weighted by atomic mass is 16.1. The molecule has 1 N–H and O–H groups in total. The third kappa shape index (κ3) is 3.53. The number of aromatic nitrogens is 2. The maximum atomic E-state index is 12.5. The summed E-state index contributed by atoms with van der Waals surface area (Å²) in [5, 5.41) is 21.5. The Morgan fingerprint density at radius 1 is 1.19 bits per heavy atom. The number of nitrogens with zero attached hydrogens (tertiary/aromatic N) is 5. The van der Waals surface area contributed by atoms with Crippen molar-refractivity contribution in [3.8, 4) is 12.3 Å². The zero-order valence-corrected chi connectivity index (χ0v) is 14.8. The summed E-state index contributed by atoms with van der Waals surface area (Å²) in [5.41, 5.74) is 2.49. The number of nitriles is 2. The fraction of sp³-hybridized carbons (Fsp3) is 0.150. The second-order valence-corrected chi connectivity index (χ2v) is 5.95. The molecule has 7 nitrogen and oxygen atoms in total. The van der Waals surface area contributed by atoms with Crippen molar-refractivity contribution in [2.24, 2.45) is 0 Å². The van der Waals surface area contributed by atoms with Crippen LogP contribution in [0.5, 0.6) is 0 Å². The second-order valence-electron chi connectivity index (χ2n) is 5.95. The predicted molar refractivity (Wildman–Crippen MR) is 98.7 cm³/mol. The lowest BCUT2D eigenvalue weighted by molar-refractivity contribution is 0.102. The van der Waals surface area contributed by atoms with Gasteiger partial charge in [0.15, 0.2) is 6.19 Å². The molecule has 0 radical (unpaired) electrons. The average molecular weight is 356 g/mol. The van der Waals surface area contributed by atoms with Crippen LogP contribution in [0.15, 0.2) is 65.6 Å². The smallest absolute Gasteiger partial charge is 0.275 e. The Bertz CT molecular complexity index is 1030. The van der Waals surface area contributed by atoms with Gasteiger partial charge in [0.2, 0.25) is 0 Å². The van der Waals surface area contributed by atoms with E-state index in [0.29, 0.717) is 28.5 Å². The molecule has 3 rings (SSSR count). The molecule has 2 aromatic heterocycles. The molecule has 2 aromatic rings. The van der Waals surface area contributed by atoms with Crippen molar-refractivity contribution in [2.45, 2.75) is 19.8 Å². The summed E-state index contributed by atoms with van der Waals surface area (Å²) in [6, 6.07) is 12.5. The molecule has 0 saturated carbocycles. The summed E-state index contributed by atoms with van der Waals surface area (Å²) in [4.78, 5) is 22.4. The van der Waals surface area contributed by atoms with Gasteiger partial charge in [0.25, 0.3) is 5.91 Å². The van der Waals surface area contributed by atoms with Gasteiger partial charge in [0.05, 0.1) is 23.3 Å². The minimum atomic E-state index is -0.415. The molecular formula is C20H16N6O. The Hall–Kier alpha value is -3.97. The lowest BCUT2D eigenvalue weighted by Gasteiger charge is -2.27. The van der Waals surface area contributed by atoms with Crippen LogP contribution >= 0.6 is 0 Å². The molecule has 0 fully saturated rings. The summed E-state index contributed by atoms with van der Waals surface area (Å²) < 4.78 is 0. The number of carbonyl (C=O) groups is 1. The Kier molecular flexibility index (Phi) is 4.96. The van der Waals surface area contributed by atoms with Crippen molar-refractivity contribution < 1.29 is 4.79 Å².